The van der Waals surface area contributed by atoms with Crippen molar-refractivity contribution in [2.45, 2.75) is 13.2 Å². The number of ether oxygens (including phenoxy) is 1. The van der Waals surface area contributed by atoms with Crippen molar-refractivity contribution in [3.63, 3.8) is 0 Å². The minimum absolute atomic E-state index is 0.0248. The van der Waals surface area contributed by atoms with Gasteiger partial charge in [0.2, 0.25) is 0 Å². The van der Waals surface area contributed by atoms with Crippen LogP contribution < -0.4 is 0 Å². The van der Waals surface area contributed by atoms with E-state index in [-0.39, 0.29) is 30.5 Å². The van der Waals surface area contributed by atoms with E-state index >= 15 is 0 Å². The van der Waals surface area contributed by atoms with E-state index in [0.29, 0.717) is 32.3 Å². The molecule has 0 fully saturated rings. The van der Waals surface area contributed by atoms with Crippen LogP contribution in [0.4, 0.5) is 0 Å². The van der Waals surface area contributed by atoms with Gasteiger partial charge in [0.1, 0.15) is 17.2 Å². The first kappa shape index (κ1) is 22.4. The SMILES string of the molecule is Oc1cc(Cl)cc(Cl)c1COCc1cc2ccccc2c(-c2c(O)ccc3ccccc23)c1O. The van der Waals surface area contributed by atoms with E-state index in [1.165, 1.54) is 12.1 Å². The summed E-state index contributed by atoms with van der Waals surface area (Å²) in [5.74, 6) is 0.0495. The number of fused-ring (bicyclic) bond motifs is 2. The predicted molar refractivity (Wildman–Crippen MR) is 137 cm³/mol. The zero-order chi connectivity index (χ0) is 23.8. The summed E-state index contributed by atoms with van der Waals surface area (Å²) in [6, 6.07) is 23.7. The van der Waals surface area contributed by atoms with E-state index in [2.05, 4.69) is 0 Å². The van der Waals surface area contributed by atoms with Crippen molar-refractivity contribution in [1.82, 2.24) is 0 Å². The van der Waals surface area contributed by atoms with Gasteiger partial charge < -0.3 is 20.1 Å². The van der Waals surface area contributed by atoms with Gasteiger partial charge in [0.15, 0.2) is 0 Å². The van der Waals surface area contributed by atoms with Gasteiger partial charge in [-0.05, 0) is 45.8 Å². The Kier molecular flexibility index (Phi) is 5.96. The Morgan fingerprint density at radius 2 is 1.32 bits per heavy atom. The van der Waals surface area contributed by atoms with Crippen LogP contribution in [-0.4, -0.2) is 15.3 Å². The molecule has 0 spiro atoms. The largest absolute Gasteiger partial charge is 0.507 e. The Labute approximate surface area is 206 Å². The van der Waals surface area contributed by atoms with Crippen LogP contribution in [0.2, 0.25) is 10.0 Å². The predicted octanol–water partition coefficient (Wildman–Crippen LogP) is 7.80. The van der Waals surface area contributed by atoms with Gasteiger partial charge in [-0.3, -0.25) is 0 Å². The van der Waals surface area contributed by atoms with Gasteiger partial charge in [0.05, 0.1) is 18.2 Å². The summed E-state index contributed by atoms with van der Waals surface area (Å²) in [6.07, 6.45) is 0. The minimum Gasteiger partial charge on any atom is -0.507 e. The first-order chi connectivity index (χ1) is 16.4. The third-order valence-electron chi connectivity index (χ3n) is 5.90. The van der Waals surface area contributed by atoms with Crippen molar-refractivity contribution >= 4 is 44.7 Å². The topological polar surface area (TPSA) is 69.9 Å². The average Bonchev–Trinajstić information content (AvgIpc) is 2.82. The molecule has 0 radical (unpaired) electrons. The Morgan fingerprint density at radius 1 is 0.647 bits per heavy atom. The van der Waals surface area contributed by atoms with Gasteiger partial charge in [-0.1, -0.05) is 77.8 Å². The summed E-state index contributed by atoms with van der Waals surface area (Å²) in [4.78, 5) is 0. The molecule has 0 bridgehead atoms. The summed E-state index contributed by atoms with van der Waals surface area (Å²) in [7, 11) is 0. The van der Waals surface area contributed by atoms with E-state index < -0.39 is 0 Å². The fourth-order valence-electron chi connectivity index (χ4n) is 4.28. The highest BCUT2D eigenvalue weighted by atomic mass is 35.5. The lowest BCUT2D eigenvalue weighted by Gasteiger charge is -2.17. The first-order valence-electron chi connectivity index (χ1n) is 10.6. The van der Waals surface area contributed by atoms with Crippen molar-refractivity contribution in [3.05, 3.63) is 100 Å². The highest BCUT2D eigenvalue weighted by Gasteiger charge is 2.20. The van der Waals surface area contributed by atoms with Crippen LogP contribution >= 0.6 is 23.2 Å². The van der Waals surface area contributed by atoms with E-state index in [4.69, 9.17) is 27.9 Å². The molecular weight excluding hydrogens is 471 g/mol. The highest BCUT2D eigenvalue weighted by molar-refractivity contribution is 6.35. The van der Waals surface area contributed by atoms with Gasteiger partial charge >= 0.3 is 0 Å². The standard InChI is InChI=1S/C28H20Cl2O4/c29-19-12-23(30)22(25(32)13-19)15-34-14-18-11-17-6-2-4-8-21(17)27(28(18)33)26-20-7-3-1-5-16(20)9-10-24(26)31/h1-13,31-33H,14-15H2. The van der Waals surface area contributed by atoms with Crippen LogP contribution in [0.5, 0.6) is 17.2 Å². The molecule has 0 unspecified atom stereocenters. The van der Waals surface area contributed by atoms with Crippen LogP contribution in [0.25, 0.3) is 32.7 Å². The Hall–Kier alpha value is -3.44. The maximum absolute atomic E-state index is 11.4. The maximum atomic E-state index is 11.4. The number of phenols is 3. The van der Waals surface area contributed by atoms with Crippen LogP contribution in [-0.2, 0) is 18.0 Å². The van der Waals surface area contributed by atoms with Gasteiger partial charge in [0, 0.05) is 27.3 Å². The molecule has 170 valence electrons. The number of hydrogen-bond acceptors (Lipinski definition) is 4. The maximum Gasteiger partial charge on any atom is 0.129 e. The molecule has 0 heterocycles. The zero-order valence-electron chi connectivity index (χ0n) is 17.9. The molecule has 5 aromatic rings. The van der Waals surface area contributed by atoms with Crippen molar-refractivity contribution in [1.29, 1.82) is 0 Å². The summed E-state index contributed by atoms with van der Waals surface area (Å²) in [5.41, 5.74) is 2.06. The van der Waals surface area contributed by atoms with Gasteiger partial charge in [-0.2, -0.15) is 0 Å². The average molecular weight is 491 g/mol. The molecule has 0 atom stereocenters. The van der Waals surface area contributed by atoms with Crippen LogP contribution in [0.15, 0.2) is 78.9 Å². The zero-order valence-corrected chi connectivity index (χ0v) is 19.4. The molecule has 0 saturated heterocycles. The lowest BCUT2D eigenvalue weighted by molar-refractivity contribution is 0.104. The number of hydrogen-bond donors (Lipinski definition) is 3. The van der Waals surface area contributed by atoms with Crippen LogP contribution in [0.1, 0.15) is 11.1 Å². The number of phenolic OH excluding ortho intramolecular Hbond substituents is 3. The molecule has 0 aromatic heterocycles. The third-order valence-corrected chi connectivity index (χ3v) is 6.45. The lowest BCUT2D eigenvalue weighted by atomic mass is 9.90. The number of benzene rings is 5. The summed E-state index contributed by atoms with van der Waals surface area (Å²) in [5, 5.41) is 36.5. The third kappa shape index (κ3) is 4.01. The molecule has 0 aliphatic carbocycles. The number of aromatic hydroxyl groups is 3. The molecular formula is C28H20Cl2O4. The van der Waals surface area contributed by atoms with Crippen molar-refractivity contribution < 1.29 is 20.1 Å². The molecule has 0 aliphatic rings. The summed E-state index contributed by atoms with van der Waals surface area (Å²) < 4.78 is 5.84. The molecule has 0 saturated carbocycles. The highest BCUT2D eigenvalue weighted by Crippen LogP contribution is 2.46. The molecule has 0 aliphatic heterocycles. The van der Waals surface area contributed by atoms with E-state index in [1.54, 1.807) is 6.07 Å². The van der Waals surface area contributed by atoms with Crippen LogP contribution in [0.3, 0.4) is 0 Å². The second-order valence-electron chi connectivity index (χ2n) is 8.04. The monoisotopic (exact) mass is 490 g/mol. The van der Waals surface area contributed by atoms with Gasteiger partial charge in [-0.25, -0.2) is 0 Å². The van der Waals surface area contributed by atoms with Crippen molar-refractivity contribution in [3.8, 4) is 28.4 Å². The van der Waals surface area contributed by atoms with E-state index in [9.17, 15) is 15.3 Å². The minimum atomic E-state index is -0.0541. The molecule has 6 heteroatoms. The van der Waals surface area contributed by atoms with Crippen molar-refractivity contribution in [2.24, 2.45) is 0 Å². The second kappa shape index (κ2) is 9.07. The number of halogens is 2. The summed E-state index contributed by atoms with van der Waals surface area (Å²) in [6.45, 7) is 0.0938. The second-order valence-corrected chi connectivity index (χ2v) is 8.88. The van der Waals surface area contributed by atoms with Gasteiger partial charge in [0.25, 0.3) is 0 Å². The number of rotatable bonds is 5. The quantitative estimate of drug-likeness (QED) is 0.235. The smallest absolute Gasteiger partial charge is 0.129 e. The lowest BCUT2D eigenvalue weighted by Crippen LogP contribution is -1.98. The van der Waals surface area contributed by atoms with Crippen molar-refractivity contribution in [2.75, 3.05) is 0 Å². The fraction of sp³-hybridized carbons (Fsp3) is 0.0714. The van der Waals surface area contributed by atoms with E-state index in [1.807, 2.05) is 60.7 Å². The molecule has 3 N–H and O–H groups in total. The van der Waals surface area contributed by atoms with E-state index in [0.717, 1.165) is 21.5 Å². The Balaban J connectivity index is 1.60. The molecule has 5 rings (SSSR count). The molecule has 34 heavy (non-hydrogen) atoms. The van der Waals surface area contributed by atoms with Crippen LogP contribution in [0, 0.1) is 0 Å². The van der Waals surface area contributed by atoms with Gasteiger partial charge in [-0.15, -0.1) is 0 Å². The summed E-state index contributed by atoms with van der Waals surface area (Å²) >= 11 is 12.1. The Morgan fingerprint density at radius 3 is 2.06 bits per heavy atom. The molecule has 5 aromatic carbocycles. The Bertz CT molecular complexity index is 1520. The normalized spacial score (nSPS) is 11.4. The molecule has 0 amide bonds. The molecule has 4 nitrogen and oxygen atoms in total. The fourth-order valence-corrected chi connectivity index (χ4v) is 4.81. The first-order valence-corrected chi connectivity index (χ1v) is 11.4.